The highest BCUT2D eigenvalue weighted by Gasteiger charge is 1.92. The van der Waals surface area contributed by atoms with E-state index in [9.17, 15) is 0 Å². The highest BCUT2D eigenvalue weighted by atomic mass is 35.5. The van der Waals surface area contributed by atoms with E-state index in [1.54, 1.807) is 5.54 Å². The summed E-state index contributed by atoms with van der Waals surface area (Å²) in [5.41, 5.74) is 1.56. The maximum atomic E-state index is 5.36. The first-order chi connectivity index (χ1) is 5.77. The molecule has 0 saturated carbocycles. The molecule has 0 atom stereocenters. The van der Waals surface area contributed by atoms with Gasteiger partial charge in [-0.1, -0.05) is 44.4 Å². The Kier molecular flexibility index (Phi) is 9.07. The van der Waals surface area contributed by atoms with Crippen LogP contribution in [-0.4, -0.2) is 13.1 Å². The Labute approximate surface area is 81.2 Å². The fraction of sp³-hybridized carbons (Fsp3) is 0.800. The predicted molar refractivity (Wildman–Crippen MR) is 56.6 cm³/mol. The van der Waals surface area contributed by atoms with Crippen molar-refractivity contribution in [2.24, 2.45) is 5.92 Å². The first kappa shape index (κ1) is 12.0. The van der Waals surface area contributed by atoms with Gasteiger partial charge in [-0.2, -0.15) is 0 Å². The van der Waals surface area contributed by atoms with Gasteiger partial charge < -0.3 is 5.32 Å². The second-order valence-corrected chi connectivity index (χ2v) is 3.71. The van der Waals surface area contributed by atoms with E-state index < -0.39 is 0 Å². The van der Waals surface area contributed by atoms with Gasteiger partial charge in [-0.3, -0.25) is 0 Å². The van der Waals surface area contributed by atoms with E-state index in [1.165, 1.54) is 19.3 Å². The molecule has 0 radical (unpaired) electrons. The molecule has 0 fully saturated rings. The third kappa shape index (κ3) is 9.99. The molecule has 0 unspecified atom stereocenters. The van der Waals surface area contributed by atoms with Crippen molar-refractivity contribution < 1.29 is 0 Å². The van der Waals surface area contributed by atoms with Gasteiger partial charge in [-0.15, -0.1) is 0 Å². The van der Waals surface area contributed by atoms with Crippen LogP contribution in [0.15, 0.2) is 11.6 Å². The molecule has 0 rings (SSSR count). The number of unbranched alkanes of at least 4 members (excludes halogenated alkanes) is 1. The smallest absolute Gasteiger partial charge is 0.0146 e. The van der Waals surface area contributed by atoms with Crippen LogP contribution in [0.4, 0.5) is 0 Å². The van der Waals surface area contributed by atoms with Crippen molar-refractivity contribution in [2.75, 3.05) is 13.1 Å². The number of halogens is 1. The van der Waals surface area contributed by atoms with Crippen LogP contribution in [-0.2, 0) is 0 Å². The SMILES string of the molecule is CC(C)CCCCNC/C=C/Cl. The van der Waals surface area contributed by atoms with E-state index >= 15 is 0 Å². The van der Waals surface area contributed by atoms with E-state index in [4.69, 9.17) is 11.6 Å². The zero-order chi connectivity index (χ0) is 9.23. The first-order valence-electron chi connectivity index (χ1n) is 4.73. The monoisotopic (exact) mass is 189 g/mol. The summed E-state index contributed by atoms with van der Waals surface area (Å²) in [7, 11) is 0. The van der Waals surface area contributed by atoms with E-state index in [1.807, 2.05) is 6.08 Å². The van der Waals surface area contributed by atoms with Crippen LogP contribution in [0.2, 0.25) is 0 Å². The van der Waals surface area contributed by atoms with E-state index in [0.717, 1.165) is 19.0 Å². The van der Waals surface area contributed by atoms with Crippen LogP contribution < -0.4 is 5.32 Å². The van der Waals surface area contributed by atoms with E-state index in [-0.39, 0.29) is 0 Å². The van der Waals surface area contributed by atoms with Crippen molar-refractivity contribution in [2.45, 2.75) is 33.1 Å². The average Bonchev–Trinajstić information content (AvgIpc) is 2.02. The minimum atomic E-state index is 0.840. The molecule has 0 aliphatic rings. The van der Waals surface area contributed by atoms with Gasteiger partial charge in [0.1, 0.15) is 0 Å². The number of hydrogen-bond acceptors (Lipinski definition) is 1. The predicted octanol–water partition coefficient (Wildman–Crippen LogP) is 3.15. The molecule has 0 aliphatic heterocycles. The quantitative estimate of drug-likeness (QED) is 0.607. The lowest BCUT2D eigenvalue weighted by atomic mass is 10.1. The Hall–Kier alpha value is -0.0100. The summed E-state index contributed by atoms with van der Waals surface area (Å²) < 4.78 is 0. The highest BCUT2D eigenvalue weighted by molar-refractivity contribution is 6.25. The Balaban J connectivity index is 2.91. The molecular formula is C10H20ClN. The molecular weight excluding hydrogens is 170 g/mol. The minimum absolute atomic E-state index is 0.840. The van der Waals surface area contributed by atoms with Crippen LogP contribution in [0.3, 0.4) is 0 Å². The van der Waals surface area contributed by atoms with Gasteiger partial charge in [0.05, 0.1) is 0 Å². The number of nitrogens with one attached hydrogen (secondary N) is 1. The Morgan fingerprint density at radius 2 is 2.08 bits per heavy atom. The lowest BCUT2D eigenvalue weighted by molar-refractivity contribution is 0.527. The molecule has 0 bridgehead atoms. The van der Waals surface area contributed by atoms with Gasteiger partial charge in [-0.25, -0.2) is 0 Å². The Morgan fingerprint density at radius 1 is 1.33 bits per heavy atom. The summed E-state index contributed by atoms with van der Waals surface area (Å²) in [6, 6.07) is 0. The lowest BCUT2D eigenvalue weighted by Crippen LogP contribution is -2.14. The molecule has 0 aliphatic carbocycles. The Morgan fingerprint density at radius 3 is 2.67 bits per heavy atom. The fourth-order valence-corrected chi connectivity index (χ4v) is 1.12. The number of hydrogen-bond donors (Lipinski definition) is 1. The van der Waals surface area contributed by atoms with Crippen LogP contribution in [0.25, 0.3) is 0 Å². The molecule has 0 aromatic heterocycles. The van der Waals surface area contributed by atoms with Gasteiger partial charge >= 0.3 is 0 Å². The topological polar surface area (TPSA) is 12.0 Å². The molecule has 1 N–H and O–H groups in total. The molecule has 1 nitrogen and oxygen atoms in total. The van der Waals surface area contributed by atoms with E-state index in [2.05, 4.69) is 19.2 Å². The summed E-state index contributed by atoms with van der Waals surface area (Å²) in [6.45, 7) is 6.53. The summed E-state index contributed by atoms with van der Waals surface area (Å²) in [6.07, 6.45) is 5.86. The fourth-order valence-electron chi connectivity index (χ4n) is 1.03. The molecule has 2 heteroatoms. The van der Waals surface area contributed by atoms with Crippen molar-refractivity contribution in [3.05, 3.63) is 11.6 Å². The third-order valence-corrected chi connectivity index (χ3v) is 1.91. The standard InChI is InChI=1S/C10H20ClN/c1-10(2)6-3-4-8-12-9-5-7-11/h5,7,10,12H,3-4,6,8-9H2,1-2H3/b7-5+. The van der Waals surface area contributed by atoms with Crippen molar-refractivity contribution >= 4 is 11.6 Å². The van der Waals surface area contributed by atoms with Crippen molar-refractivity contribution in [3.8, 4) is 0 Å². The van der Waals surface area contributed by atoms with Crippen LogP contribution in [0, 0.1) is 5.92 Å². The second-order valence-electron chi connectivity index (χ2n) is 3.46. The molecule has 72 valence electrons. The molecule has 0 aromatic rings. The first-order valence-corrected chi connectivity index (χ1v) is 5.17. The van der Waals surface area contributed by atoms with Gasteiger partial charge in [0.2, 0.25) is 0 Å². The molecule has 0 saturated heterocycles. The molecule has 0 amide bonds. The largest absolute Gasteiger partial charge is 0.313 e. The molecule has 0 heterocycles. The highest BCUT2D eigenvalue weighted by Crippen LogP contribution is 2.04. The minimum Gasteiger partial charge on any atom is -0.313 e. The summed E-state index contributed by atoms with van der Waals surface area (Å²) in [5, 5.41) is 3.29. The average molecular weight is 190 g/mol. The van der Waals surface area contributed by atoms with Gasteiger partial charge in [0.25, 0.3) is 0 Å². The Bertz CT molecular complexity index is 110. The van der Waals surface area contributed by atoms with Crippen molar-refractivity contribution in [3.63, 3.8) is 0 Å². The molecule has 0 spiro atoms. The molecule has 12 heavy (non-hydrogen) atoms. The maximum Gasteiger partial charge on any atom is 0.0146 e. The van der Waals surface area contributed by atoms with Gasteiger partial charge in [-0.05, 0) is 18.9 Å². The normalized spacial score (nSPS) is 11.7. The zero-order valence-corrected chi connectivity index (χ0v) is 8.90. The lowest BCUT2D eigenvalue weighted by Gasteiger charge is -2.04. The summed E-state index contributed by atoms with van der Waals surface area (Å²) >= 11 is 5.36. The second kappa shape index (κ2) is 9.08. The summed E-state index contributed by atoms with van der Waals surface area (Å²) in [5.74, 6) is 0.840. The van der Waals surface area contributed by atoms with Crippen molar-refractivity contribution in [1.29, 1.82) is 0 Å². The van der Waals surface area contributed by atoms with Gasteiger partial charge in [0, 0.05) is 12.1 Å². The van der Waals surface area contributed by atoms with Crippen LogP contribution in [0.1, 0.15) is 33.1 Å². The van der Waals surface area contributed by atoms with Crippen LogP contribution >= 0.6 is 11.6 Å². The zero-order valence-electron chi connectivity index (χ0n) is 8.15. The van der Waals surface area contributed by atoms with E-state index in [0.29, 0.717) is 0 Å². The maximum absolute atomic E-state index is 5.36. The molecule has 0 aromatic carbocycles. The number of rotatable bonds is 7. The van der Waals surface area contributed by atoms with Crippen LogP contribution in [0.5, 0.6) is 0 Å². The van der Waals surface area contributed by atoms with Gasteiger partial charge in [0.15, 0.2) is 0 Å². The summed E-state index contributed by atoms with van der Waals surface area (Å²) in [4.78, 5) is 0. The van der Waals surface area contributed by atoms with Crippen molar-refractivity contribution in [1.82, 2.24) is 5.32 Å². The third-order valence-electron chi connectivity index (χ3n) is 1.74.